The van der Waals surface area contributed by atoms with Gasteiger partial charge in [-0.1, -0.05) is 12.5 Å². The van der Waals surface area contributed by atoms with Crippen LogP contribution < -0.4 is 4.72 Å². The molecule has 1 saturated heterocycles. The van der Waals surface area contributed by atoms with Crippen LogP contribution in [0.1, 0.15) is 19.3 Å². The molecular weight excluding hydrogens is 319 g/mol. The van der Waals surface area contributed by atoms with Gasteiger partial charge >= 0.3 is 5.69 Å². The van der Waals surface area contributed by atoms with E-state index in [1.165, 1.54) is 0 Å². The number of thioether (sulfide) groups is 1. The Morgan fingerprint density at radius 3 is 2.81 bits per heavy atom. The highest BCUT2D eigenvalue weighted by Crippen LogP contribution is 2.28. The number of hydrogen-bond donors (Lipinski definition) is 1. The Kier molecular flexibility index (Phi) is 5.17. The van der Waals surface area contributed by atoms with Crippen LogP contribution in [0.5, 0.6) is 0 Å². The zero-order chi connectivity index (χ0) is 15.5. The average molecular weight is 334 g/mol. The molecule has 0 aliphatic carbocycles. The molecule has 0 radical (unpaired) electrons. The van der Waals surface area contributed by atoms with E-state index < -0.39 is 31.3 Å². The highest BCUT2D eigenvalue weighted by atomic mass is 32.2. The van der Waals surface area contributed by atoms with Crippen LogP contribution in [-0.4, -0.2) is 30.9 Å². The molecule has 0 spiro atoms. The first-order valence-electron chi connectivity index (χ1n) is 6.46. The molecule has 21 heavy (non-hydrogen) atoms. The van der Waals surface area contributed by atoms with Crippen molar-refractivity contribution in [2.45, 2.75) is 29.4 Å². The number of sulfonamides is 1. The summed E-state index contributed by atoms with van der Waals surface area (Å²) in [6, 6.07) is 3.05. The lowest BCUT2D eigenvalue weighted by molar-refractivity contribution is -0.390. The molecule has 1 aliphatic heterocycles. The van der Waals surface area contributed by atoms with Crippen LogP contribution in [0, 0.1) is 15.9 Å². The van der Waals surface area contributed by atoms with Crippen molar-refractivity contribution in [1.82, 2.24) is 4.72 Å². The molecule has 1 N–H and O–H groups in total. The number of halogens is 1. The Morgan fingerprint density at radius 1 is 1.43 bits per heavy atom. The van der Waals surface area contributed by atoms with Crippen molar-refractivity contribution in [3.05, 3.63) is 34.1 Å². The number of nitrogens with zero attached hydrogens (tertiary/aromatic N) is 1. The van der Waals surface area contributed by atoms with E-state index >= 15 is 0 Å². The summed E-state index contributed by atoms with van der Waals surface area (Å²) < 4.78 is 40.2. The van der Waals surface area contributed by atoms with Gasteiger partial charge in [-0.3, -0.25) is 10.1 Å². The number of nitro groups is 1. The number of rotatable bonds is 5. The lowest BCUT2D eigenvalue weighted by Gasteiger charge is -2.21. The molecule has 0 bridgehead atoms. The Balaban J connectivity index is 2.19. The fourth-order valence-electron chi connectivity index (χ4n) is 2.14. The highest BCUT2D eigenvalue weighted by Gasteiger charge is 2.29. The molecule has 2 rings (SSSR count). The molecule has 116 valence electrons. The molecule has 0 amide bonds. The second-order valence-electron chi connectivity index (χ2n) is 4.68. The van der Waals surface area contributed by atoms with Gasteiger partial charge in [-0.05, 0) is 30.7 Å². The van der Waals surface area contributed by atoms with Crippen LogP contribution in [0.15, 0.2) is 23.1 Å². The molecule has 1 fully saturated rings. The van der Waals surface area contributed by atoms with Crippen molar-refractivity contribution in [3.63, 3.8) is 0 Å². The largest absolute Gasteiger partial charge is 0.324 e. The summed E-state index contributed by atoms with van der Waals surface area (Å²) in [5.41, 5.74) is -1.01. The summed E-state index contributed by atoms with van der Waals surface area (Å²) in [5.74, 6) is -0.179. The van der Waals surface area contributed by atoms with Gasteiger partial charge in [-0.2, -0.15) is 16.2 Å². The quantitative estimate of drug-likeness (QED) is 0.659. The van der Waals surface area contributed by atoms with Crippen LogP contribution in [-0.2, 0) is 10.0 Å². The van der Waals surface area contributed by atoms with E-state index in [4.69, 9.17) is 0 Å². The molecule has 1 atom stereocenters. The van der Waals surface area contributed by atoms with Crippen molar-refractivity contribution in [3.8, 4) is 0 Å². The van der Waals surface area contributed by atoms with Gasteiger partial charge in [0.2, 0.25) is 15.8 Å². The zero-order valence-electron chi connectivity index (χ0n) is 11.1. The normalized spacial score (nSPS) is 19.4. The minimum atomic E-state index is -4.10. The third kappa shape index (κ3) is 3.92. The number of para-hydroxylation sites is 1. The third-order valence-corrected chi connectivity index (χ3v) is 6.05. The Morgan fingerprint density at radius 2 is 2.19 bits per heavy atom. The van der Waals surface area contributed by atoms with Crippen molar-refractivity contribution in [2.75, 3.05) is 12.3 Å². The maximum absolute atomic E-state index is 13.5. The topological polar surface area (TPSA) is 89.3 Å². The summed E-state index contributed by atoms with van der Waals surface area (Å²) in [7, 11) is -4.10. The smallest absolute Gasteiger partial charge is 0.258 e. The van der Waals surface area contributed by atoms with Gasteiger partial charge in [0.15, 0.2) is 4.90 Å². The number of hydrogen-bond acceptors (Lipinski definition) is 5. The second-order valence-corrected chi connectivity index (χ2v) is 7.83. The van der Waals surface area contributed by atoms with E-state index in [0.717, 1.165) is 43.2 Å². The van der Waals surface area contributed by atoms with Crippen LogP contribution in [0.25, 0.3) is 0 Å². The first-order valence-corrected chi connectivity index (χ1v) is 8.99. The highest BCUT2D eigenvalue weighted by molar-refractivity contribution is 8.00. The van der Waals surface area contributed by atoms with Gasteiger partial charge in [0.05, 0.1) is 4.92 Å². The Hall–Kier alpha value is -1.19. The lowest BCUT2D eigenvalue weighted by atomic mass is 10.2. The summed E-state index contributed by atoms with van der Waals surface area (Å²) >= 11 is 1.68. The number of benzene rings is 1. The summed E-state index contributed by atoms with van der Waals surface area (Å²) in [4.78, 5) is 9.22. The molecule has 9 heteroatoms. The van der Waals surface area contributed by atoms with E-state index in [2.05, 4.69) is 4.72 Å². The molecule has 1 unspecified atom stereocenters. The van der Waals surface area contributed by atoms with Gasteiger partial charge in [-0.25, -0.2) is 13.1 Å². The summed E-state index contributed by atoms with van der Waals surface area (Å²) in [5, 5.41) is 11.0. The van der Waals surface area contributed by atoms with Gasteiger partial charge in [0, 0.05) is 11.8 Å². The first kappa shape index (κ1) is 16.2. The molecule has 0 saturated carbocycles. The van der Waals surface area contributed by atoms with Crippen molar-refractivity contribution in [2.24, 2.45) is 0 Å². The standard InChI is InChI=1S/C12H15FN2O4S2/c13-10-5-3-6-11(12(10)15(16)17)21(18,19)14-8-9-4-1-2-7-20-9/h3,5-6,9,14H,1-2,4,7-8H2. The fourth-order valence-corrected chi connectivity index (χ4v) is 4.74. The van der Waals surface area contributed by atoms with E-state index in [9.17, 15) is 22.9 Å². The van der Waals surface area contributed by atoms with E-state index in [1.807, 2.05) is 0 Å². The van der Waals surface area contributed by atoms with Crippen LogP contribution >= 0.6 is 11.8 Å². The minimum absolute atomic E-state index is 0.154. The predicted molar refractivity (Wildman–Crippen MR) is 78.3 cm³/mol. The van der Waals surface area contributed by atoms with Gasteiger partial charge in [0.25, 0.3) is 0 Å². The number of nitrogens with one attached hydrogen (secondary N) is 1. The second kappa shape index (κ2) is 6.71. The zero-order valence-corrected chi connectivity index (χ0v) is 12.8. The van der Waals surface area contributed by atoms with Crippen molar-refractivity contribution >= 4 is 27.5 Å². The lowest BCUT2D eigenvalue weighted by Crippen LogP contribution is -2.32. The minimum Gasteiger partial charge on any atom is -0.258 e. The molecule has 1 aromatic carbocycles. The maximum Gasteiger partial charge on any atom is 0.324 e. The van der Waals surface area contributed by atoms with E-state index in [0.29, 0.717) is 0 Å². The van der Waals surface area contributed by atoms with E-state index in [1.54, 1.807) is 11.8 Å². The molecule has 1 heterocycles. The van der Waals surface area contributed by atoms with Gasteiger partial charge < -0.3 is 0 Å². The molecule has 1 aromatic rings. The molecular formula is C12H15FN2O4S2. The molecule has 6 nitrogen and oxygen atoms in total. The van der Waals surface area contributed by atoms with Gasteiger partial charge in [0.1, 0.15) is 0 Å². The van der Waals surface area contributed by atoms with Crippen molar-refractivity contribution in [1.29, 1.82) is 0 Å². The SMILES string of the molecule is O=[N+]([O-])c1c(F)cccc1S(=O)(=O)NCC1CCCCS1. The van der Waals surface area contributed by atoms with Crippen molar-refractivity contribution < 1.29 is 17.7 Å². The fraction of sp³-hybridized carbons (Fsp3) is 0.500. The Labute approximate surface area is 126 Å². The predicted octanol–water partition coefficient (Wildman–Crippen LogP) is 2.30. The van der Waals surface area contributed by atoms with Crippen LogP contribution in [0.2, 0.25) is 0 Å². The summed E-state index contributed by atoms with van der Waals surface area (Å²) in [6.07, 6.45) is 3.06. The van der Waals surface area contributed by atoms with Crippen LogP contribution in [0.4, 0.5) is 10.1 Å². The number of nitro benzene ring substituents is 1. The molecule has 1 aliphatic rings. The maximum atomic E-state index is 13.5. The third-order valence-electron chi connectivity index (χ3n) is 3.20. The summed E-state index contributed by atoms with van der Waals surface area (Å²) in [6.45, 7) is 0.195. The van der Waals surface area contributed by atoms with Crippen LogP contribution in [0.3, 0.4) is 0 Å². The average Bonchev–Trinajstić information content (AvgIpc) is 2.46. The van der Waals surface area contributed by atoms with E-state index in [-0.39, 0.29) is 11.8 Å². The first-order chi connectivity index (χ1) is 9.92. The monoisotopic (exact) mass is 334 g/mol. The van der Waals surface area contributed by atoms with Gasteiger partial charge in [-0.15, -0.1) is 0 Å². The molecule has 0 aromatic heterocycles. The Bertz CT molecular complexity index is 630.